The van der Waals surface area contributed by atoms with Crippen LogP contribution in [0.15, 0.2) is 35.7 Å². The number of fused-ring (bicyclic) bond motifs is 1. The van der Waals surface area contributed by atoms with Crippen LogP contribution < -0.4 is 9.47 Å². The number of para-hydroxylation sites is 1. The van der Waals surface area contributed by atoms with Gasteiger partial charge in [0.2, 0.25) is 6.79 Å². The summed E-state index contributed by atoms with van der Waals surface area (Å²) in [4.78, 5) is 3.70. The third-order valence-corrected chi connectivity index (χ3v) is 4.85. The Morgan fingerprint density at radius 2 is 2.10 bits per heavy atom. The lowest BCUT2D eigenvalue weighted by Crippen LogP contribution is -2.16. The van der Waals surface area contributed by atoms with E-state index in [9.17, 15) is 0 Å². The summed E-state index contributed by atoms with van der Waals surface area (Å²) < 4.78 is 11.1. The third kappa shape index (κ3) is 3.39. The van der Waals surface area contributed by atoms with E-state index in [4.69, 9.17) is 9.47 Å². The quantitative estimate of drug-likeness (QED) is 0.811. The number of nitrogens with zero attached hydrogens (tertiary/aromatic N) is 1. The summed E-state index contributed by atoms with van der Waals surface area (Å²) in [5, 5.41) is 2.16. The standard InChI is InChI=1S/C17H21NO2S/c1-18(2)9-8-13(16-7-4-10-21-16)11-14-5-3-6-15-17(14)20-12-19-15/h3-7,10,13H,8-9,11-12H2,1-2H3. The molecule has 0 radical (unpaired) electrons. The van der Waals surface area contributed by atoms with Gasteiger partial charge >= 0.3 is 0 Å². The van der Waals surface area contributed by atoms with Crippen LogP contribution >= 0.6 is 11.3 Å². The number of rotatable bonds is 6. The molecular weight excluding hydrogens is 282 g/mol. The smallest absolute Gasteiger partial charge is 0.231 e. The first-order valence-corrected chi connectivity index (χ1v) is 8.17. The van der Waals surface area contributed by atoms with E-state index < -0.39 is 0 Å². The fraction of sp³-hybridized carbons (Fsp3) is 0.412. The molecule has 0 fully saturated rings. The predicted molar refractivity (Wildman–Crippen MR) is 86.5 cm³/mol. The van der Waals surface area contributed by atoms with Crippen molar-refractivity contribution < 1.29 is 9.47 Å². The lowest BCUT2D eigenvalue weighted by Gasteiger charge is -2.19. The van der Waals surface area contributed by atoms with Crippen LogP contribution in [0, 0.1) is 0 Å². The first-order valence-electron chi connectivity index (χ1n) is 7.29. The Bertz CT molecular complexity index is 580. The molecule has 0 saturated carbocycles. The van der Waals surface area contributed by atoms with Crippen LogP contribution in [0.25, 0.3) is 0 Å². The highest BCUT2D eigenvalue weighted by Crippen LogP contribution is 2.39. The normalized spacial score (nSPS) is 14.6. The Hall–Kier alpha value is -1.52. The Balaban J connectivity index is 1.80. The van der Waals surface area contributed by atoms with Gasteiger partial charge in [0, 0.05) is 4.88 Å². The molecule has 0 N–H and O–H groups in total. The van der Waals surface area contributed by atoms with Crippen molar-refractivity contribution in [3.05, 3.63) is 46.2 Å². The van der Waals surface area contributed by atoms with Crippen LogP contribution in [0.1, 0.15) is 22.8 Å². The lowest BCUT2D eigenvalue weighted by atomic mass is 9.93. The van der Waals surface area contributed by atoms with Gasteiger partial charge in [-0.25, -0.2) is 0 Å². The highest BCUT2D eigenvalue weighted by molar-refractivity contribution is 7.10. The molecule has 112 valence electrons. The summed E-state index contributed by atoms with van der Waals surface area (Å²) in [6, 6.07) is 10.6. The minimum absolute atomic E-state index is 0.341. The highest BCUT2D eigenvalue weighted by atomic mass is 32.1. The van der Waals surface area contributed by atoms with Crippen molar-refractivity contribution in [3.63, 3.8) is 0 Å². The van der Waals surface area contributed by atoms with Gasteiger partial charge in [-0.15, -0.1) is 11.3 Å². The number of hydrogen-bond donors (Lipinski definition) is 0. The Kier molecular flexibility index (Phi) is 4.46. The average Bonchev–Trinajstić information content (AvgIpc) is 3.13. The van der Waals surface area contributed by atoms with E-state index in [0.29, 0.717) is 12.7 Å². The Morgan fingerprint density at radius 3 is 2.86 bits per heavy atom. The summed E-state index contributed by atoms with van der Waals surface area (Å²) in [7, 11) is 4.26. The molecule has 2 heterocycles. The van der Waals surface area contributed by atoms with E-state index in [2.05, 4.69) is 48.6 Å². The molecule has 1 aromatic heterocycles. The zero-order chi connectivity index (χ0) is 14.7. The van der Waals surface area contributed by atoms with Gasteiger partial charge in [0.15, 0.2) is 11.5 Å². The molecule has 1 aliphatic rings. The number of hydrogen-bond acceptors (Lipinski definition) is 4. The van der Waals surface area contributed by atoms with Gasteiger partial charge in [-0.3, -0.25) is 0 Å². The molecule has 2 aromatic rings. The van der Waals surface area contributed by atoms with Gasteiger partial charge < -0.3 is 14.4 Å². The van der Waals surface area contributed by atoms with Crippen molar-refractivity contribution >= 4 is 11.3 Å². The molecule has 1 unspecified atom stereocenters. The maximum atomic E-state index is 5.64. The molecule has 1 atom stereocenters. The fourth-order valence-electron chi connectivity index (χ4n) is 2.70. The SMILES string of the molecule is CN(C)CCC(Cc1cccc2c1OCO2)c1cccs1. The third-order valence-electron chi connectivity index (χ3n) is 3.81. The minimum atomic E-state index is 0.341. The number of benzene rings is 1. The second kappa shape index (κ2) is 6.50. The molecule has 3 rings (SSSR count). The topological polar surface area (TPSA) is 21.7 Å². The molecule has 0 saturated heterocycles. The summed E-state index contributed by atoms with van der Waals surface area (Å²) in [5.41, 5.74) is 1.25. The monoisotopic (exact) mass is 303 g/mol. The van der Waals surface area contributed by atoms with Crippen LogP contribution in [0.2, 0.25) is 0 Å². The molecule has 1 aromatic carbocycles. The van der Waals surface area contributed by atoms with Gasteiger partial charge in [-0.05, 0) is 62.5 Å². The van der Waals surface area contributed by atoms with Crippen molar-refractivity contribution in [3.8, 4) is 11.5 Å². The second-order valence-electron chi connectivity index (χ2n) is 5.66. The molecule has 0 spiro atoms. The van der Waals surface area contributed by atoms with Gasteiger partial charge in [0.1, 0.15) is 0 Å². The van der Waals surface area contributed by atoms with Crippen molar-refractivity contribution in [2.24, 2.45) is 0 Å². The van der Waals surface area contributed by atoms with E-state index in [1.807, 2.05) is 17.4 Å². The van der Waals surface area contributed by atoms with Crippen molar-refractivity contribution in [1.82, 2.24) is 4.90 Å². The first kappa shape index (κ1) is 14.4. The van der Waals surface area contributed by atoms with Gasteiger partial charge in [-0.1, -0.05) is 18.2 Å². The molecule has 0 aliphatic carbocycles. The Labute approximate surface area is 130 Å². The van der Waals surface area contributed by atoms with Gasteiger partial charge in [-0.2, -0.15) is 0 Å². The summed E-state index contributed by atoms with van der Waals surface area (Å²) in [5.74, 6) is 2.34. The molecule has 3 nitrogen and oxygen atoms in total. The maximum absolute atomic E-state index is 5.64. The number of ether oxygens (including phenoxy) is 2. The molecule has 21 heavy (non-hydrogen) atoms. The van der Waals surface area contributed by atoms with Gasteiger partial charge in [0.25, 0.3) is 0 Å². The largest absolute Gasteiger partial charge is 0.454 e. The van der Waals surface area contributed by atoms with Crippen LogP contribution in [0.5, 0.6) is 11.5 Å². The molecule has 4 heteroatoms. The maximum Gasteiger partial charge on any atom is 0.231 e. The van der Waals surface area contributed by atoms with E-state index in [-0.39, 0.29) is 0 Å². The molecule has 1 aliphatic heterocycles. The molecular formula is C17H21NO2S. The van der Waals surface area contributed by atoms with Crippen LogP contribution in [-0.4, -0.2) is 32.3 Å². The van der Waals surface area contributed by atoms with E-state index >= 15 is 0 Å². The minimum Gasteiger partial charge on any atom is -0.454 e. The lowest BCUT2D eigenvalue weighted by molar-refractivity contribution is 0.173. The van der Waals surface area contributed by atoms with Crippen LogP contribution in [-0.2, 0) is 6.42 Å². The van der Waals surface area contributed by atoms with E-state index in [1.165, 1.54) is 10.4 Å². The summed E-state index contributed by atoms with van der Waals surface area (Å²) in [6.45, 7) is 1.43. The zero-order valence-electron chi connectivity index (χ0n) is 12.5. The predicted octanol–water partition coefficient (Wildman–Crippen LogP) is 3.75. The number of thiophene rings is 1. The fourth-order valence-corrected chi connectivity index (χ4v) is 3.56. The van der Waals surface area contributed by atoms with Gasteiger partial charge in [0.05, 0.1) is 0 Å². The molecule has 0 bridgehead atoms. The van der Waals surface area contributed by atoms with E-state index in [0.717, 1.165) is 30.9 Å². The van der Waals surface area contributed by atoms with Crippen molar-refractivity contribution in [2.45, 2.75) is 18.8 Å². The summed E-state index contributed by atoms with van der Waals surface area (Å²) >= 11 is 1.84. The van der Waals surface area contributed by atoms with Crippen LogP contribution in [0.4, 0.5) is 0 Å². The van der Waals surface area contributed by atoms with E-state index in [1.54, 1.807) is 0 Å². The highest BCUT2D eigenvalue weighted by Gasteiger charge is 2.21. The second-order valence-corrected chi connectivity index (χ2v) is 6.64. The molecule has 0 amide bonds. The first-order chi connectivity index (χ1) is 10.2. The van der Waals surface area contributed by atoms with Crippen molar-refractivity contribution in [1.29, 1.82) is 0 Å². The summed E-state index contributed by atoms with van der Waals surface area (Å²) in [6.07, 6.45) is 2.15. The van der Waals surface area contributed by atoms with Crippen molar-refractivity contribution in [2.75, 3.05) is 27.4 Å². The average molecular weight is 303 g/mol. The zero-order valence-corrected chi connectivity index (χ0v) is 13.4. The van der Waals surface area contributed by atoms with Crippen LogP contribution in [0.3, 0.4) is 0 Å². The Morgan fingerprint density at radius 1 is 1.19 bits per heavy atom.